The van der Waals surface area contributed by atoms with E-state index in [1.165, 1.54) is 0 Å². The second-order valence-electron chi connectivity index (χ2n) is 4.01. The van der Waals surface area contributed by atoms with Crippen LogP contribution < -0.4 is 0 Å². The minimum absolute atomic E-state index is 0.140. The predicted molar refractivity (Wildman–Crippen MR) is 129 cm³/mol. The molecule has 0 aliphatic rings. The van der Waals surface area contributed by atoms with Crippen LogP contribution in [0.2, 0.25) is 0 Å². The van der Waals surface area contributed by atoms with Gasteiger partial charge in [-0.25, -0.2) is 9.13 Å². The lowest BCUT2D eigenvalue weighted by Gasteiger charge is -2.06. The van der Waals surface area contributed by atoms with Gasteiger partial charge in [-0.15, -0.1) is 69.6 Å². The highest BCUT2D eigenvalue weighted by Crippen LogP contribution is 2.26. The van der Waals surface area contributed by atoms with E-state index in [0.29, 0.717) is 11.8 Å². The number of alkyl halides is 6. The molecule has 0 radical (unpaired) electrons. The van der Waals surface area contributed by atoms with Gasteiger partial charge in [0.2, 0.25) is 0 Å². The monoisotopic (exact) mass is 592 g/mol. The fourth-order valence-electron chi connectivity index (χ4n) is 0.178. The van der Waals surface area contributed by atoms with Crippen molar-refractivity contribution in [1.82, 2.24) is 0 Å². The number of hydrogen-bond acceptors (Lipinski definition) is 2. The van der Waals surface area contributed by atoms with Crippen molar-refractivity contribution >= 4 is 85.3 Å². The Morgan fingerprint density at radius 1 is 0.621 bits per heavy atom. The van der Waals surface area contributed by atoms with Crippen LogP contribution in [0, 0.1) is 5.92 Å². The molecule has 1 unspecified atom stereocenters. The Balaban J connectivity index is -0.0000000402. The van der Waals surface area contributed by atoms with Crippen LogP contribution in [0.25, 0.3) is 0 Å². The molecule has 6 N–H and O–H groups in total. The maximum Gasteiger partial charge on any atom is 0.466 e. The van der Waals surface area contributed by atoms with Crippen molar-refractivity contribution in [3.05, 3.63) is 0 Å². The van der Waals surface area contributed by atoms with Crippen LogP contribution >= 0.6 is 85.3 Å². The Kier molecular flexibility index (Phi) is 67.3. The van der Waals surface area contributed by atoms with E-state index in [1.807, 2.05) is 27.7 Å². The van der Waals surface area contributed by atoms with Gasteiger partial charge in [0, 0.05) is 34.8 Å². The molecule has 0 saturated heterocycles. The van der Waals surface area contributed by atoms with Gasteiger partial charge in [-0.05, 0) is 5.92 Å². The summed E-state index contributed by atoms with van der Waals surface area (Å²) in [5.74, 6) is 3.94. The van der Waals surface area contributed by atoms with Crippen molar-refractivity contribution in [3.63, 3.8) is 0 Å². The summed E-state index contributed by atoms with van der Waals surface area (Å²) in [5.41, 5.74) is 0. The van der Waals surface area contributed by atoms with Crippen LogP contribution in [0.3, 0.4) is 0 Å². The molecule has 0 aromatic carbocycles. The number of rotatable bonds is 2. The fraction of sp³-hybridized carbons (Fsp3) is 1.00. The summed E-state index contributed by atoms with van der Waals surface area (Å²) in [6.45, 7) is 11.7. The highest BCUT2D eigenvalue weighted by atomic mass is 35.5. The summed E-state index contributed by atoms with van der Waals surface area (Å²) in [7, 11) is -9.28. The Labute approximate surface area is 205 Å². The summed E-state index contributed by atoms with van der Waals surface area (Å²) in [5, 5.41) is 0.140. The maximum atomic E-state index is 8.88. The molecule has 8 nitrogen and oxygen atoms in total. The van der Waals surface area contributed by atoms with Gasteiger partial charge in [-0.2, -0.15) is 0 Å². The van der Waals surface area contributed by atoms with Gasteiger partial charge in [0.15, 0.2) is 0 Å². The van der Waals surface area contributed by atoms with Gasteiger partial charge in [-0.3, -0.25) is 0 Å². The van der Waals surface area contributed by atoms with E-state index in [2.05, 4.69) is 13.8 Å². The molecule has 0 saturated carbocycles. The molecule has 1 atom stereocenters. The molecule has 0 bridgehead atoms. The summed E-state index contributed by atoms with van der Waals surface area (Å²) in [6, 6.07) is 0. The molecule has 0 amide bonds. The van der Waals surface area contributed by atoms with Crippen molar-refractivity contribution in [3.8, 4) is 0 Å². The van der Waals surface area contributed by atoms with E-state index in [0.717, 1.165) is 23.5 Å². The zero-order valence-electron chi connectivity index (χ0n) is 17.4. The van der Waals surface area contributed by atoms with E-state index in [1.54, 1.807) is 0 Å². The molecular formula is C13H36Cl6O8P2. The third-order valence-electron chi connectivity index (χ3n) is 0.871. The van der Waals surface area contributed by atoms with Crippen LogP contribution in [0.1, 0.15) is 41.5 Å². The van der Waals surface area contributed by atoms with Crippen molar-refractivity contribution in [2.24, 2.45) is 5.92 Å². The Morgan fingerprint density at radius 2 is 0.724 bits per heavy atom. The minimum Gasteiger partial charge on any atom is -0.303 e. The molecule has 0 aromatic rings. The van der Waals surface area contributed by atoms with Gasteiger partial charge < -0.3 is 29.4 Å². The third-order valence-corrected chi connectivity index (χ3v) is 2.02. The lowest BCUT2D eigenvalue weighted by molar-refractivity contribution is 0.272. The average molecular weight is 595 g/mol. The molecule has 188 valence electrons. The average Bonchev–Trinajstić information content (AvgIpc) is 2.46. The standard InChI is InChI=1S/C5H10Cl2.4C2H5Cl.2H3O4P/c1-4(2)5(7)3-6;4*1-2-3;2*1-5(2,3)4/h4-5H,3H2,1-2H3;4*2H2,1H3;2*(H3,1,2,3,4). The third kappa shape index (κ3) is 370. The van der Waals surface area contributed by atoms with Crippen LogP contribution in [0.15, 0.2) is 0 Å². The molecule has 0 heterocycles. The first kappa shape index (κ1) is 48.4. The molecular weight excluding hydrogens is 559 g/mol. The molecule has 0 spiro atoms. The summed E-state index contributed by atoms with van der Waals surface area (Å²) in [6.07, 6.45) is 0. The maximum absolute atomic E-state index is 8.88. The lowest BCUT2D eigenvalue weighted by atomic mass is 10.2. The molecule has 0 aliphatic heterocycles. The molecule has 0 fully saturated rings. The molecule has 29 heavy (non-hydrogen) atoms. The fourth-order valence-corrected chi connectivity index (χ4v) is 0.535. The first-order valence-corrected chi connectivity index (χ1v) is 14.1. The molecule has 0 aromatic heterocycles. The van der Waals surface area contributed by atoms with Crippen molar-refractivity contribution < 1.29 is 38.5 Å². The highest BCUT2D eigenvalue weighted by Gasteiger charge is 2.05. The van der Waals surface area contributed by atoms with Gasteiger partial charge in [0.25, 0.3) is 0 Å². The highest BCUT2D eigenvalue weighted by molar-refractivity contribution is 7.45. The smallest absolute Gasteiger partial charge is 0.303 e. The van der Waals surface area contributed by atoms with Gasteiger partial charge in [0.1, 0.15) is 0 Å². The minimum atomic E-state index is -4.64. The van der Waals surface area contributed by atoms with Crippen molar-refractivity contribution in [1.29, 1.82) is 0 Å². The molecule has 0 aliphatic carbocycles. The number of hydrogen-bond donors (Lipinski definition) is 6. The van der Waals surface area contributed by atoms with E-state index in [4.69, 9.17) is 108 Å². The summed E-state index contributed by atoms with van der Waals surface area (Å²) >= 11 is 31.1. The van der Waals surface area contributed by atoms with E-state index in [-0.39, 0.29) is 5.38 Å². The SMILES string of the molecule is CC(C)C(Cl)CCl.CCCl.CCCl.CCCl.CCCl.O=P(O)(O)O.O=P(O)(O)O. The van der Waals surface area contributed by atoms with Crippen LogP contribution in [0.4, 0.5) is 0 Å². The van der Waals surface area contributed by atoms with Crippen LogP contribution in [-0.2, 0) is 9.13 Å². The van der Waals surface area contributed by atoms with Gasteiger partial charge >= 0.3 is 15.6 Å². The van der Waals surface area contributed by atoms with E-state index < -0.39 is 15.6 Å². The van der Waals surface area contributed by atoms with E-state index in [9.17, 15) is 0 Å². The first-order chi connectivity index (χ1) is 12.8. The second kappa shape index (κ2) is 40.3. The van der Waals surface area contributed by atoms with Crippen molar-refractivity contribution in [2.45, 2.75) is 46.9 Å². The largest absolute Gasteiger partial charge is 0.466 e. The van der Waals surface area contributed by atoms with Gasteiger partial charge in [0.05, 0.1) is 0 Å². The summed E-state index contributed by atoms with van der Waals surface area (Å²) in [4.78, 5) is 43.1. The topological polar surface area (TPSA) is 156 Å². The van der Waals surface area contributed by atoms with Gasteiger partial charge in [-0.1, -0.05) is 41.5 Å². The summed E-state index contributed by atoms with van der Waals surface area (Å²) < 4.78 is 17.8. The first-order valence-electron chi connectivity index (χ1n) is 7.84. The predicted octanol–water partition coefficient (Wildman–Crippen LogP) is 5.61. The quantitative estimate of drug-likeness (QED) is 0.178. The second-order valence-corrected chi connectivity index (χ2v) is 9.07. The zero-order valence-corrected chi connectivity index (χ0v) is 23.7. The van der Waals surface area contributed by atoms with Crippen LogP contribution in [0.5, 0.6) is 0 Å². The number of halogens is 6. The zero-order chi connectivity index (χ0) is 25.7. The molecule has 0 rings (SSSR count). The Hall–Kier alpha value is 1.96. The van der Waals surface area contributed by atoms with Crippen LogP contribution in [-0.4, -0.2) is 64.1 Å². The lowest BCUT2D eigenvalue weighted by Crippen LogP contribution is -2.08. The normalized spacial score (nSPS) is 10.2. The Morgan fingerprint density at radius 3 is 0.724 bits per heavy atom. The molecule has 16 heteroatoms. The number of phosphoric acid groups is 2. The van der Waals surface area contributed by atoms with Crippen molar-refractivity contribution in [2.75, 3.05) is 29.4 Å². The Bertz CT molecular complexity index is 288. The van der Waals surface area contributed by atoms with E-state index >= 15 is 0 Å².